The molecule has 106 valence electrons. The molecule has 1 amide bonds. The largest absolute Gasteiger partial charge is 0.348 e. The number of aromatic nitrogens is 6. The molecule has 2 aromatic rings. The van der Waals surface area contributed by atoms with Crippen LogP contribution < -0.4 is 5.32 Å². The minimum absolute atomic E-state index is 0.129. The fourth-order valence-electron chi connectivity index (χ4n) is 1.54. The molecule has 0 spiro atoms. The molecule has 0 unspecified atom stereocenters. The van der Waals surface area contributed by atoms with Crippen molar-refractivity contribution in [3.8, 4) is 0 Å². The topological polar surface area (TPSA) is 112 Å². The third-order valence-electron chi connectivity index (χ3n) is 2.77. The predicted molar refractivity (Wildman–Crippen MR) is 67.6 cm³/mol. The average Bonchev–Trinajstić information content (AvgIpc) is 3.04. The van der Waals surface area contributed by atoms with Gasteiger partial charge in [0.25, 0.3) is 0 Å². The standard InChI is InChI=1S/C10H13N7O2S/c1-17-10(13-15-16-17)20-5-8(18)11-4-7-12-9(19-14-7)6-2-3-6/h6H,2-5H2,1H3,(H,11,18). The highest BCUT2D eigenvalue weighted by Gasteiger charge is 2.29. The SMILES string of the molecule is Cn1nnnc1SCC(=O)NCc1noc(C2CC2)n1. The van der Waals surface area contributed by atoms with Crippen molar-refractivity contribution >= 4 is 17.7 Å². The van der Waals surface area contributed by atoms with Gasteiger partial charge in [0.1, 0.15) is 0 Å². The maximum Gasteiger partial charge on any atom is 0.230 e. The zero-order chi connectivity index (χ0) is 13.9. The third-order valence-corrected chi connectivity index (χ3v) is 3.78. The Kier molecular flexibility index (Phi) is 3.63. The van der Waals surface area contributed by atoms with Gasteiger partial charge in [0.15, 0.2) is 5.82 Å². The number of tetrazole rings is 1. The van der Waals surface area contributed by atoms with Crippen molar-refractivity contribution in [3.05, 3.63) is 11.7 Å². The monoisotopic (exact) mass is 295 g/mol. The molecule has 1 aliphatic rings. The first-order valence-corrected chi connectivity index (χ1v) is 7.15. The summed E-state index contributed by atoms with van der Waals surface area (Å²) in [5.41, 5.74) is 0. The van der Waals surface area contributed by atoms with E-state index in [1.807, 2.05) is 0 Å². The summed E-state index contributed by atoms with van der Waals surface area (Å²) in [6.07, 6.45) is 2.22. The van der Waals surface area contributed by atoms with E-state index in [0.717, 1.165) is 12.8 Å². The highest BCUT2D eigenvalue weighted by Crippen LogP contribution is 2.38. The molecule has 2 heterocycles. The molecule has 0 aliphatic heterocycles. The Morgan fingerprint density at radius 2 is 2.40 bits per heavy atom. The van der Waals surface area contributed by atoms with Gasteiger partial charge in [-0.1, -0.05) is 16.9 Å². The molecule has 20 heavy (non-hydrogen) atoms. The molecule has 1 fully saturated rings. The van der Waals surface area contributed by atoms with Gasteiger partial charge in [-0.15, -0.1) is 5.10 Å². The number of carbonyl (C=O) groups is 1. The Morgan fingerprint density at radius 3 is 3.10 bits per heavy atom. The molecule has 1 N–H and O–H groups in total. The average molecular weight is 295 g/mol. The Labute approximate surface area is 118 Å². The molecule has 1 aliphatic carbocycles. The number of hydrogen-bond donors (Lipinski definition) is 1. The van der Waals surface area contributed by atoms with Crippen LogP contribution in [0.3, 0.4) is 0 Å². The summed E-state index contributed by atoms with van der Waals surface area (Å²) >= 11 is 1.27. The van der Waals surface area contributed by atoms with E-state index in [1.54, 1.807) is 7.05 Å². The normalized spacial score (nSPS) is 14.4. The van der Waals surface area contributed by atoms with Crippen molar-refractivity contribution in [3.63, 3.8) is 0 Å². The molecular formula is C10H13N7O2S. The number of nitrogens with one attached hydrogen (secondary N) is 1. The molecule has 0 saturated heterocycles. The highest BCUT2D eigenvalue weighted by molar-refractivity contribution is 7.99. The lowest BCUT2D eigenvalue weighted by atomic mass is 10.4. The minimum Gasteiger partial charge on any atom is -0.348 e. The van der Waals surface area contributed by atoms with E-state index in [0.29, 0.717) is 22.8 Å². The molecule has 0 aromatic carbocycles. The summed E-state index contributed by atoms with van der Waals surface area (Å²) in [7, 11) is 1.72. The first-order valence-electron chi connectivity index (χ1n) is 6.16. The first-order chi connectivity index (χ1) is 9.72. The van der Waals surface area contributed by atoms with Crippen LogP contribution >= 0.6 is 11.8 Å². The lowest BCUT2D eigenvalue weighted by molar-refractivity contribution is -0.118. The van der Waals surface area contributed by atoms with Gasteiger partial charge < -0.3 is 9.84 Å². The van der Waals surface area contributed by atoms with Crippen LogP contribution in [0.15, 0.2) is 9.68 Å². The molecule has 0 bridgehead atoms. The molecule has 9 nitrogen and oxygen atoms in total. The smallest absolute Gasteiger partial charge is 0.230 e. The van der Waals surface area contributed by atoms with Crippen LogP contribution in [0.1, 0.15) is 30.5 Å². The van der Waals surface area contributed by atoms with Gasteiger partial charge in [-0.05, 0) is 23.3 Å². The van der Waals surface area contributed by atoms with E-state index >= 15 is 0 Å². The number of hydrogen-bond acceptors (Lipinski definition) is 8. The molecular weight excluding hydrogens is 282 g/mol. The molecule has 1 saturated carbocycles. The van der Waals surface area contributed by atoms with E-state index in [4.69, 9.17) is 4.52 Å². The first kappa shape index (κ1) is 13.0. The maximum absolute atomic E-state index is 11.7. The molecule has 0 radical (unpaired) electrons. The van der Waals surface area contributed by atoms with Gasteiger partial charge in [0.2, 0.25) is 17.0 Å². The van der Waals surface area contributed by atoms with Gasteiger partial charge >= 0.3 is 0 Å². The van der Waals surface area contributed by atoms with Crippen LogP contribution in [0.4, 0.5) is 0 Å². The van der Waals surface area contributed by atoms with Gasteiger partial charge in [-0.3, -0.25) is 4.79 Å². The predicted octanol–water partition coefficient (Wildman–Crippen LogP) is -0.121. The van der Waals surface area contributed by atoms with E-state index < -0.39 is 0 Å². The van der Waals surface area contributed by atoms with Gasteiger partial charge in [-0.2, -0.15) is 4.98 Å². The second kappa shape index (κ2) is 5.57. The number of carbonyl (C=O) groups excluding carboxylic acids is 1. The van der Waals surface area contributed by atoms with Crippen LogP contribution in [0, 0.1) is 0 Å². The van der Waals surface area contributed by atoms with Crippen LogP contribution in [-0.2, 0) is 18.4 Å². The Hall–Kier alpha value is -1.97. The zero-order valence-corrected chi connectivity index (χ0v) is 11.6. The van der Waals surface area contributed by atoms with Crippen molar-refractivity contribution in [2.45, 2.75) is 30.5 Å². The summed E-state index contributed by atoms with van der Waals surface area (Å²) < 4.78 is 6.62. The number of amides is 1. The quantitative estimate of drug-likeness (QED) is 0.734. The summed E-state index contributed by atoms with van der Waals surface area (Å²) in [6.45, 7) is 0.271. The second-order valence-corrected chi connectivity index (χ2v) is 5.42. The van der Waals surface area contributed by atoms with Crippen LogP contribution in [0.2, 0.25) is 0 Å². The highest BCUT2D eigenvalue weighted by atomic mass is 32.2. The van der Waals surface area contributed by atoms with Crippen molar-refractivity contribution in [1.82, 2.24) is 35.7 Å². The van der Waals surface area contributed by atoms with Crippen LogP contribution in [0.5, 0.6) is 0 Å². The number of nitrogens with zero attached hydrogens (tertiary/aromatic N) is 6. The van der Waals surface area contributed by atoms with E-state index in [-0.39, 0.29) is 18.2 Å². The van der Waals surface area contributed by atoms with Gasteiger partial charge in [0, 0.05) is 13.0 Å². The van der Waals surface area contributed by atoms with E-state index in [2.05, 4.69) is 31.0 Å². The molecule has 2 aromatic heterocycles. The fraction of sp³-hybridized carbons (Fsp3) is 0.600. The van der Waals surface area contributed by atoms with Gasteiger partial charge in [0.05, 0.1) is 12.3 Å². The Bertz CT molecular complexity index is 606. The second-order valence-electron chi connectivity index (χ2n) is 4.47. The lowest BCUT2D eigenvalue weighted by Crippen LogP contribution is -2.25. The maximum atomic E-state index is 11.7. The Balaban J connectivity index is 1.43. The van der Waals surface area contributed by atoms with Crippen LogP contribution in [0.25, 0.3) is 0 Å². The van der Waals surface area contributed by atoms with Gasteiger partial charge in [-0.25, -0.2) is 4.68 Å². The molecule has 3 rings (SSSR count). The van der Waals surface area contributed by atoms with E-state index in [1.165, 1.54) is 16.4 Å². The number of thioether (sulfide) groups is 1. The summed E-state index contributed by atoms with van der Waals surface area (Å²) in [5, 5.41) is 18.1. The minimum atomic E-state index is -0.129. The summed E-state index contributed by atoms with van der Waals surface area (Å²) in [6, 6.07) is 0. The van der Waals surface area contributed by atoms with Crippen molar-refractivity contribution < 1.29 is 9.32 Å². The summed E-state index contributed by atoms with van der Waals surface area (Å²) in [5.74, 6) is 1.71. The summed E-state index contributed by atoms with van der Waals surface area (Å²) in [4.78, 5) is 15.9. The van der Waals surface area contributed by atoms with Crippen molar-refractivity contribution in [1.29, 1.82) is 0 Å². The van der Waals surface area contributed by atoms with E-state index in [9.17, 15) is 4.79 Å². The van der Waals surface area contributed by atoms with Crippen LogP contribution in [-0.4, -0.2) is 42.0 Å². The molecule has 0 atom stereocenters. The number of aryl methyl sites for hydroxylation is 1. The zero-order valence-electron chi connectivity index (χ0n) is 10.8. The fourth-order valence-corrected chi connectivity index (χ4v) is 2.22. The number of rotatable bonds is 6. The Morgan fingerprint density at radius 1 is 1.55 bits per heavy atom. The van der Waals surface area contributed by atoms with Crippen molar-refractivity contribution in [2.24, 2.45) is 7.05 Å². The lowest BCUT2D eigenvalue weighted by Gasteiger charge is -2.01. The third kappa shape index (κ3) is 3.13. The van der Waals surface area contributed by atoms with Crippen molar-refractivity contribution in [2.75, 3.05) is 5.75 Å². The molecule has 10 heteroatoms.